The van der Waals surface area contributed by atoms with Crippen molar-refractivity contribution in [2.75, 3.05) is 19.4 Å². The minimum Gasteiger partial charge on any atom is -0.493 e. The second-order valence-electron chi connectivity index (χ2n) is 9.38. The molecule has 9 heteroatoms. The molecule has 2 rings (SSSR count). The zero-order valence-corrected chi connectivity index (χ0v) is 22.1. The van der Waals surface area contributed by atoms with Gasteiger partial charge in [0, 0.05) is 13.1 Å². The molecule has 0 saturated heterocycles. The monoisotopic (exact) mass is 497 g/mol. The van der Waals surface area contributed by atoms with Crippen LogP contribution in [0.1, 0.15) is 52.7 Å². The number of sulfonamides is 1. The number of ether oxygens (including phenoxy) is 1. The minimum absolute atomic E-state index is 0.0354. The molecule has 0 heterocycles. The van der Waals surface area contributed by atoms with E-state index in [1.165, 1.54) is 24.4 Å². The molecule has 0 aliphatic carbocycles. The van der Waals surface area contributed by atoms with Crippen LogP contribution in [0.2, 0.25) is 0 Å². The van der Waals surface area contributed by atoms with Crippen LogP contribution in [0, 0.1) is 5.92 Å². The van der Waals surface area contributed by atoms with Crippen LogP contribution in [-0.4, -0.2) is 40.5 Å². The molecular formula is C24H35NO6S2. The van der Waals surface area contributed by atoms with Gasteiger partial charge in [-0.1, -0.05) is 52.8 Å². The highest BCUT2D eigenvalue weighted by atomic mass is 32.2. The van der Waals surface area contributed by atoms with E-state index in [2.05, 4.69) is 20.8 Å². The van der Waals surface area contributed by atoms with Crippen molar-refractivity contribution in [2.45, 2.75) is 58.4 Å². The number of benzene rings is 2. The van der Waals surface area contributed by atoms with E-state index in [1.807, 2.05) is 26.0 Å². The highest BCUT2D eigenvalue weighted by Gasteiger charge is 2.27. The lowest BCUT2D eigenvalue weighted by atomic mass is 9.87. The van der Waals surface area contributed by atoms with Gasteiger partial charge in [0.1, 0.15) is 0 Å². The molecule has 0 saturated carbocycles. The fraction of sp³-hybridized carbons (Fsp3) is 0.500. The Morgan fingerprint density at radius 2 is 1.55 bits per heavy atom. The van der Waals surface area contributed by atoms with Crippen LogP contribution < -0.4 is 8.92 Å². The zero-order valence-electron chi connectivity index (χ0n) is 20.5. The Bertz CT molecular complexity index is 1150. The summed E-state index contributed by atoms with van der Waals surface area (Å²) in [4.78, 5) is 0.217. The van der Waals surface area contributed by atoms with Gasteiger partial charge >= 0.3 is 10.1 Å². The summed E-state index contributed by atoms with van der Waals surface area (Å²) in [7, 11) is -6.14. The van der Waals surface area contributed by atoms with Crippen molar-refractivity contribution < 1.29 is 25.8 Å². The van der Waals surface area contributed by atoms with Crippen LogP contribution in [0.4, 0.5) is 0 Å². The molecule has 0 amide bonds. The van der Waals surface area contributed by atoms with Gasteiger partial charge in [-0.05, 0) is 53.6 Å². The molecular weight excluding hydrogens is 462 g/mol. The number of nitrogens with zero attached hydrogens (tertiary/aromatic N) is 1. The van der Waals surface area contributed by atoms with Crippen LogP contribution in [-0.2, 0) is 32.1 Å². The Kier molecular flexibility index (Phi) is 8.59. The van der Waals surface area contributed by atoms with Crippen molar-refractivity contribution in [3.63, 3.8) is 0 Å². The van der Waals surface area contributed by atoms with Crippen LogP contribution in [0.3, 0.4) is 0 Å². The molecule has 33 heavy (non-hydrogen) atoms. The predicted octanol–water partition coefficient (Wildman–Crippen LogP) is 4.57. The Morgan fingerprint density at radius 1 is 0.939 bits per heavy atom. The Hall–Kier alpha value is -2.10. The Morgan fingerprint density at radius 3 is 2.03 bits per heavy atom. The van der Waals surface area contributed by atoms with Gasteiger partial charge in [0.05, 0.1) is 17.8 Å². The molecule has 0 spiro atoms. The largest absolute Gasteiger partial charge is 0.493 e. The summed E-state index contributed by atoms with van der Waals surface area (Å²) in [6.45, 7) is 12.0. The molecule has 7 nitrogen and oxygen atoms in total. The van der Waals surface area contributed by atoms with Crippen LogP contribution in [0.15, 0.2) is 47.4 Å². The number of methoxy groups -OCH3 is 1. The standard InChI is InChI=1S/C24H35NO6S2/c1-8-32(26,27)31-23-15-19(9-14-22(23)30-7)17-25(16-18(2)3)33(28,29)21-12-10-20(11-13-21)24(4,5)6/h9-15,18H,8,16-17H2,1-7H3. The lowest BCUT2D eigenvalue weighted by Gasteiger charge is -2.25. The summed E-state index contributed by atoms with van der Waals surface area (Å²) in [5.74, 6) is 0.182. The topological polar surface area (TPSA) is 90.0 Å². The molecule has 184 valence electrons. The van der Waals surface area contributed by atoms with Crippen LogP contribution in [0.25, 0.3) is 0 Å². The van der Waals surface area contributed by atoms with Crippen molar-refractivity contribution in [1.82, 2.24) is 4.31 Å². The average molecular weight is 498 g/mol. The van der Waals surface area contributed by atoms with E-state index in [-0.39, 0.29) is 40.0 Å². The normalized spacial score (nSPS) is 12.9. The fourth-order valence-electron chi connectivity index (χ4n) is 3.21. The quantitative estimate of drug-likeness (QED) is 0.447. The number of rotatable bonds is 10. The second-order valence-corrected chi connectivity index (χ2v) is 13.2. The number of hydrogen-bond donors (Lipinski definition) is 0. The lowest BCUT2D eigenvalue weighted by molar-refractivity contribution is 0.360. The first kappa shape index (κ1) is 27.1. The van der Waals surface area contributed by atoms with Gasteiger partial charge in [0.25, 0.3) is 0 Å². The van der Waals surface area contributed by atoms with Gasteiger partial charge in [-0.2, -0.15) is 12.7 Å². The van der Waals surface area contributed by atoms with Crippen LogP contribution in [0.5, 0.6) is 11.5 Å². The van der Waals surface area contributed by atoms with Gasteiger partial charge in [-0.15, -0.1) is 0 Å². The molecule has 0 unspecified atom stereocenters. The lowest BCUT2D eigenvalue weighted by Crippen LogP contribution is -2.34. The van der Waals surface area contributed by atoms with Crippen molar-refractivity contribution in [2.24, 2.45) is 5.92 Å². The second kappa shape index (κ2) is 10.4. The highest BCUT2D eigenvalue weighted by molar-refractivity contribution is 7.89. The molecule has 0 N–H and O–H groups in total. The molecule has 2 aromatic rings. The van der Waals surface area contributed by atoms with Gasteiger partial charge < -0.3 is 8.92 Å². The minimum atomic E-state index is -3.78. The molecule has 0 radical (unpaired) electrons. The third kappa shape index (κ3) is 7.19. The van der Waals surface area contributed by atoms with Gasteiger partial charge in [-0.25, -0.2) is 8.42 Å². The SMILES string of the molecule is CCS(=O)(=O)Oc1cc(CN(CC(C)C)S(=O)(=O)c2ccc(C(C)(C)C)cc2)ccc1OC. The Balaban J connectivity index is 2.43. The maximum Gasteiger partial charge on any atom is 0.309 e. The maximum atomic E-state index is 13.5. The maximum absolute atomic E-state index is 13.5. The fourth-order valence-corrected chi connectivity index (χ4v) is 5.33. The Labute approximate surface area is 198 Å². The summed E-state index contributed by atoms with van der Waals surface area (Å²) in [5, 5.41) is 0. The third-order valence-corrected chi connectivity index (χ3v) is 8.05. The van der Waals surface area contributed by atoms with Crippen molar-refractivity contribution >= 4 is 20.1 Å². The summed E-state index contributed by atoms with van der Waals surface area (Å²) >= 11 is 0. The molecule has 0 atom stereocenters. The summed E-state index contributed by atoms with van der Waals surface area (Å²) in [6.07, 6.45) is 0. The summed E-state index contributed by atoms with van der Waals surface area (Å²) in [6, 6.07) is 11.8. The van der Waals surface area contributed by atoms with Crippen molar-refractivity contribution in [3.8, 4) is 11.5 Å². The van der Waals surface area contributed by atoms with Gasteiger partial charge in [0.15, 0.2) is 11.5 Å². The van der Waals surface area contributed by atoms with E-state index in [0.717, 1.165) is 5.56 Å². The van der Waals surface area contributed by atoms with E-state index < -0.39 is 20.1 Å². The van der Waals surface area contributed by atoms with Gasteiger partial charge in [-0.3, -0.25) is 0 Å². The molecule has 0 aliphatic rings. The van der Waals surface area contributed by atoms with E-state index in [4.69, 9.17) is 8.92 Å². The first-order valence-electron chi connectivity index (χ1n) is 10.9. The first-order valence-corrected chi connectivity index (χ1v) is 13.9. The van der Waals surface area contributed by atoms with Crippen molar-refractivity contribution in [3.05, 3.63) is 53.6 Å². The van der Waals surface area contributed by atoms with E-state index in [1.54, 1.807) is 24.3 Å². The molecule has 2 aromatic carbocycles. The smallest absolute Gasteiger partial charge is 0.309 e. The summed E-state index contributed by atoms with van der Waals surface area (Å²) in [5.41, 5.74) is 1.55. The molecule has 0 bridgehead atoms. The predicted molar refractivity (Wildman–Crippen MR) is 131 cm³/mol. The highest BCUT2D eigenvalue weighted by Crippen LogP contribution is 2.31. The van der Waals surface area contributed by atoms with E-state index in [0.29, 0.717) is 12.1 Å². The van der Waals surface area contributed by atoms with E-state index in [9.17, 15) is 16.8 Å². The van der Waals surface area contributed by atoms with E-state index >= 15 is 0 Å². The summed E-state index contributed by atoms with van der Waals surface area (Å²) < 4.78 is 62.7. The third-order valence-electron chi connectivity index (χ3n) is 5.08. The molecule has 0 aromatic heterocycles. The first-order chi connectivity index (χ1) is 15.2. The van der Waals surface area contributed by atoms with Crippen LogP contribution >= 0.6 is 0 Å². The average Bonchev–Trinajstić information content (AvgIpc) is 2.72. The molecule has 0 aliphatic heterocycles. The van der Waals surface area contributed by atoms with Gasteiger partial charge in [0.2, 0.25) is 10.0 Å². The van der Waals surface area contributed by atoms with Crippen molar-refractivity contribution in [1.29, 1.82) is 0 Å². The number of hydrogen-bond acceptors (Lipinski definition) is 6. The molecule has 0 fully saturated rings. The zero-order chi connectivity index (χ0) is 25.0.